The van der Waals surface area contributed by atoms with Crippen LogP contribution in [0, 0.1) is 5.41 Å². The Bertz CT molecular complexity index is 412. The number of hydrogen-bond donors (Lipinski definition) is 2. The summed E-state index contributed by atoms with van der Waals surface area (Å²) in [6.45, 7) is 1.96. The van der Waals surface area contributed by atoms with Crippen LogP contribution in [0.1, 0.15) is 24.8 Å². The van der Waals surface area contributed by atoms with E-state index >= 15 is 0 Å². The molecule has 1 fully saturated rings. The molecule has 104 valence electrons. The van der Waals surface area contributed by atoms with E-state index in [1.807, 2.05) is 12.1 Å². The number of amidine groups is 1. The van der Waals surface area contributed by atoms with Crippen molar-refractivity contribution in [3.63, 3.8) is 0 Å². The molecule has 0 bridgehead atoms. The van der Waals surface area contributed by atoms with Gasteiger partial charge in [0.1, 0.15) is 5.75 Å². The molecular weight excluding hydrogens is 238 g/mol. The molecule has 1 aliphatic carbocycles. The molecule has 1 aliphatic rings. The van der Waals surface area contributed by atoms with Gasteiger partial charge in [-0.2, -0.15) is 0 Å². The number of nitrogens with two attached hydrogens (primary N) is 1. The number of methoxy groups -OCH3 is 1. The van der Waals surface area contributed by atoms with Gasteiger partial charge in [-0.05, 0) is 37.0 Å². The number of rotatable bonds is 8. The highest BCUT2D eigenvalue weighted by Gasteiger charge is 2.28. The summed E-state index contributed by atoms with van der Waals surface area (Å²) < 4.78 is 5.16. The lowest BCUT2D eigenvalue weighted by molar-refractivity contribution is 0.274. The second kappa shape index (κ2) is 6.57. The highest BCUT2D eigenvalue weighted by molar-refractivity contribution is 5.76. The van der Waals surface area contributed by atoms with Crippen molar-refractivity contribution in [3.8, 4) is 5.75 Å². The molecule has 0 aromatic heterocycles. The Labute approximate surface area is 115 Å². The molecule has 1 aromatic carbocycles. The first-order valence-electron chi connectivity index (χ1n) is 6.89. The first-order valence-corrected chi connectivity index (χ1v) is 6.89. The fraction of sp³-hybridized carbons (Fsp3) is 0.533. The summed E-state index contributed by atoms with van der Waals surface area (Å²) in [4.78, 5) is 2.46. The maximum absolute atomic E-state index is 7.33. The van der Waals surface area contributed by atoms with Gasteiger partial charge in [-0.25, -0.2) is 0 Å². The van der Waals surface area contributed by atoms with Crippen molar-refractivity contribution in [1.82, 2.24) is 4.90 Å². The molecule has 0 amide bonds. The summed E-state index contributed by atoms with van der Waals surface area (Å²) in [6.07, 6.45) is 4.30. The maximum Gasteiger partial charge on any atom is 0.118 e. The van der Waals surface area contributed by atoms with E-state index in [2.05, 4.69) is 17.0 Å². The zero-order valence-corrected chi connectivity index (χ0v) is 11.6. The van der Waals surface area contributed by atoms with E-state index in [1.165, 1.54) is 18.4 Å². The molecular formula is C15H23N3O. The van der Waals surface area contributed by atoms with E-state index in [1.54, 1.807) is 7.11 Å². The fourth-order valence-electron chi connectivity index (χ4n) is 2.25. The van der Waals surface area contributed by atoms with Gasteiger partial charge in [-0.15, -0.1) is 0 Å². The quantitative estimate of drug-likeness (QED) is 0.556. The molecule has 0 radical (unpaired) electrons. The Morgan fingerprint density at radius 2 is 2.00 bits per heavy atom. The van der Waals surface area contributed by atoms with E-state index < -0.39 is 0 Å². The third kappa shape index (κ3) is 4.56. The van der Waals surface area contributed by atoms with Crippen molar-refractivity contribution in [2.75, 3.05) is 20.2 Å². The SMILES string of the molecule is COc1ccc(CCN(CCC(=N)N)C2CC2)cc1. The van der Waals surface area contributed by atoms with Crippen molar-refractivity contribution < 1.29 is 4.74 Å². The number of nitrogens with one attached hydrogen (secondary N) is 1. The Hall–Kier alpha value is -1.55. The van der Waals surface area contributed by atoms with Crippen LogP contribution in [0.4, 0.5) is 0 Å². The van der Waals surface area contributed by atoms with Crippen LogP contribution in [-0.2, 0) is 6.42 Å². The summed E-state index contributed by atoms with van der Waals surface area (Å²) in [5.41, 5.74) is 6.77. The van der Waals surface area contributed by atoms with Crippen LogP contribution >= 0.6 is 0 Å². The highest BCUT2D eigenvalue weighted by atomic mass is 16.5. The van der Waals surface area contributed by atoms with E-state index in [9.17, 15) is 0 Å². The van der Waals surface area contributed by atoms with Crippen LogP contribution in [0.25, 0.3) is 0 Å². The summed E-state index contributed by atoms with van der Waals surface area (Å²) in [5.74, 6) is 1.19. The van der Waals surface area contributed by atoms with Gasteiger partial charge >= 0.3 is 0 Å². The number of hydrogen-bond acceptors (Lipinski definition) is 3. The second-order valence-corrected chi connectivity index (χ2v) is 5.14. The molecule has 0 heterocycles. The third-order valence-corrected chi connectivity index (χ3v) is 3.58. The average Bonchev–Trinajstić information content (AvgIpc) is 3.23. The zero-order valence-electron chi connectivity index (χ0n) is 11.6. The molecule has 4 nitrogen and oxygen atoms in total. The van der Waals surface area contributed by atoms with Crippen molar-refractivity contribution in [1.29, 1.82) is 5.41 Å². The van der Waals surface area contributed by atoms with Gasteiger partial charge in [0, 0.05) is 25.6 Å². The van der Waals surface area contributed by atoms with Gasteiger partial charge in [0.05, 0.1) is 12.9 Å². The van der Waals surface area contributed by atoms with Crippen LogP contribution in [0.3, 0.4) is 0 Å². The van der Waals surface area contributed by atoms with Crippen LogP contribution in [0.15, 0.2) is 24.3 Å². The van der Waals surface area contributed by atoms with Gasteiger partial charge in [-0.3, -0.25) is 10.3 Å². The van der Waals surface area contributed by atoms with Crippen LogP contribution in [-0.4, -0.2) is 37.0 Å². The average molecular weight is 261 g/mol. The van der Waals surface area contributed by atoms with Crippen LogP contribution < -0.4 is 10.5 Å². The standard InChI is InChI=1S/C15H23N3O/c1-19-14-6-2-12(3-7-14)8-10-18(13-4-5-13)11-9-15(16)17/h2-3,6-7,13H,4-5,8-11H2,1H3,(H3,16,17). The molecule has 19 heavy (non-hydrogen) atoms. The zero-order chi connectivity index (χ0) is 13.7. The smallest absolute Gasteiger partial charge is 0.118 e. The second-order valence-electron chi connectivity index (χ2n) is 5.14. The van der Waals surface area contributed by atoms with E-state index in [-0.39, 0.29) is 5.84 Å². The van der Waals surface area contributed by atoms with Gasteiger partial charge in [-0.1, -0.05) is 12.1 Å². The Kier molecular flexibility index (Phi) is 4.80. The van der Waals surface area contributed by atoms with Crippen molar-refractivity contribution in [2.24, 2.45) is 5.73 Å². The first-order chi connectivity index (χ1) is 9.19. The molecule has 2 rings (SSSR count). The molecule has 1 saturated carbocycles. The number of nitrogens with zero attached hydrogens (tertiary/aromatic N) is 1. The van der Waals surface area contributed by atoms with Gasteiger partial charge in [0.15, 0.2) is 0 Å². The summed E-state index contributed by atoms with van der Waals surface area (Å²) in [7, 11) is 1.69. The number of benzene rings is 1. The largest absolute Gasteiger partial charge is 0.497 e. The van der Waals surface area contributed by atoms with E-state index in [4.69, 9.17) is 15.9 Å². The fourth-order valence-corrected chi connectivity index (χ4v) is 2.25. The lowest BCUT2D eigenvalue weighted by Crippen LogP contribution is -2.31. The third-order valence-electron chi connectivity index (χ3n) is 3.58. The van der Waals surface area contributed by atoms with Crippen molar-refractivity contribution in [3.05, 3.63) is 29.8 Å². The van der Waals surface area contributed by atoms with Crippen molar-refractivity contribution >= 4 is 5.84 Å². The molecule has 0 atom stereocenters. The molecule has 1 aromatic rings. The Morgan fingerprint density at radius 3 is 2.53 bits per heavy atom. The molecule has 0 spiro atoms. The molecule has 0 aliphatic heterocycles. The topological polar surface area (TPSA) is 62.3 Å². The van der Waals surface area contributed by atoms with Gasteiger partial charge in [0.2, 0.25) is 0 Å². The molecule has 3 N–H and O–H groups in total. The first kappa shape index (κ1) is 13.9. The normalized spacial score (nSPS) is 14.6. The lowest BCUT2D eigenvalue weighted by Gasteiger charge is -2.21. The minimum atomic E-state index is 0.287. The maximum atomic E-state index is 7.33. The summed E-state index contributed by atoms with van der Waals surface area (Å²) in [6, 6.07) is 8.97. The van der Waals surface area contributed by atoms with Crippen LogP contribution in [0.2, 0.25) is 0 Å². The molecule has 4 heteroatoms. The van der Waals surface area contributed by atoms with Gasteiger partial charge in [0.25, 0.3) is 0 Å². The van der Waals surface area contributed by atoms with Gasteiger partial charge < -0.3 is 10.5 Å². The monoisotopic (exact) mass is 261 g/mol. The Balaban J connectivity index is 1.81. The minimum absolute atomic E-state index is 0.287. The minimum Gasteiger partial charge on any atom is -0.497 e. The predicted octanol–water partition coefficient (Wildman–Crippen LogP) is 2.03. The molecule has 0 unspecified atom stereocenters. The van der Waals surface area contributed by atoms with Crippen molar-refractivity contribution in [2.45, 2.75) is 31.7 Å². The van der Waals surface area contributed by atoms with E-state index in [0.717, 1.165) is 31.3 Å². The summed E-state index contributed by atoms with van der Waals surface area (Å²) >= 11 is 0. The number of ether oxygens (including phenoxy) is 1. The highest BCUT2D eigenvalue weighted by Crippen LogP contribution is 2.27. The molecule has 0 saturated heterocycles. The lowest BCUT2D eigenvalue weighted by atomic mass is 10.1. The van der Waals surface area contributed by atoms with Crippen LogP contribution in [0.5, 0.6) is 5.75 Å². The Morgan fingerprint density at radius 1 is 1.32 bits per heavy atom. The van der Waals surface area contributed by atoms with E-state index in [0.29, 0.717) is 6.42 Å². The summed E-state index contributed by atoms with van der Waals surface area (Å²) in [5, 5.41) is 7.33. The predicted molar refractivity (Wildman–Crippen MR) is 77.8 cm³/mol.